The van der Waals surface area contributed by atoms with E-state index in [-0.39, 0.29) is 41.0 Å². The number of hydrogen-bond donors (Lipinski definition) is 4. The van der Waals surface area contributed by atoms with Gasteiger partial charge in [-0.25, -0.2) is 27.9 Å². The molecule has 11 nitrogen and oxygen atoms in total. The summed E-state index contributed by atoms with van der Waals surface area (Å²) < 4.78 is 33.9. The van der Waals surface area contributed by atoms with Gasteiger partial charge in [-0.2, -0.15) is 0 Å². The number of sulfonamides is 1. The highest BCUT2D eigenvalue weighted by atomic mass is 32.2. The van der Waals surface area contributed by atoms with Gasteiger partial charge in [-0.3, -0.25) is 10.1 Å². The molecular weight excluding hydrogens is 528 g/mol. The number of H-pyrrole nitrogens is 1. The second kappa shape index (κ2) is 12.0. The zero-order chi connectivity index (χ0) is 27.3. The van der Waals surface area contributed by atoms with Crippen molar-refractivity contribution in [1.82, 2.24) is 25.0 Å². The van der Waals surface area contributed by atoms with Crippen molar-refractivity contribution in [2.75, 3.05) is 11.9 Å². The number of amides is 2. The number of aromatic nitrogens is 3. The number of carbonyl (C=O) groups excluding carboxylic acids is 2. The molecule has 3 aromatic rings. The van der Waals surface area contributed by atoms with Crippen LogP contribution in [0.2, 0.25) is 0 Å². The molecule has 0 saturated heterocycles. The summed E-state index contributed by atoms with van der Waals surface area (Å²) in [6.07, 6.45) is 7.54. The van der Waals surface area contributed by atoms with E-state index in [1.54, 1.807) is 31.5 Å². The van der Waals surface area contributed by atoms with Gasteiger partial charge in [0.05, 0.1) is 20.9 Å². The average Bonchev–Trinajstić information content (AvgIpc) is 3.56. The molecule has 13 heteroatoms. The predicted octanol–water partition coefficient (Wildman–Crippen LogP) is 4.24. The highest BCUT2D eigenvalue weighted by Crippen LogP contribution is 2.39. The lowest BCUT2D eigenvalue weighted by atomic mass is 9.86. The number of ether oxygens (including phenoxy) is 1. The molecule has 2 aromatic heterocycles. The predicted molar refractivity (Wildman–Crippen MR) is 145 cm³/mol. The quantitative estimate of drug-likeness (QED) is 0.305. The first-order valence-corrected chi connectivity index (χ1v) is 14.8. The molecule has 1 aliphatic rings. The number of benzene rings is 1. The van der Waals surface area contributed by atoms with Crippen LogP contribution in [0, 0.1) is 0 Å². The Kier molecular flexibility index (Phi) is 8.80. The smallest absolute Gasteiger partial charge is 0.407 e. The first kappa shape index (κ1) is 27.7. The van der Waals surface area contributed by atoms with E-state index in [0.29, 0.717) is 10.4 Å². The normalized spacial score (nSPS) is 17.8. The Morgan fingerprint density at radius 1 is 1.18 bits per heavy atom. The summed E-state index contributed by atoms with van der Waals surface area (Å²) in [4.78, 5) is 36.7. The van der Waals surface area contributed by atoms with Crippen LogP contribution in [0.25, 0.3) is 10.4 Å². The molecule has 204 valence electrons. The van der Waals surface area contributed by atoms with Crippen LogP contribution in [-0.4, -0.2) is 54.1 Å². The Hall–Kier alpha value is -3.29. The first-order chi connectivity index (χ1) is 18.2. The minimum atomic E-state index is -3.88. The number of imidazole rings is 1. The lowest BCUT2D eigenvalue weighted by molar-refractivity contribution is 0.102. The van der Waals surface area contributed by atoms with Gasteiger partial charge in [0, 0.05) is 48.2 Å². The van der Waals surface area contributed by atoms with Crippen LogP contribution >= 0.6 is 11.3 Å². The van der Waals surface area contributed by atoms with Gasteiger partial charge in [-0.15, -0.1) is 11.3 Å². The maximum Gasteiger partial charge on any atom is 0.407 e. The molecule has 0 spiro atoms. The van der Waals surface area contributed by atoms with Gasteiger partial charge in [0.15, 0.2) is 0 Å². The van der Waals surface area contributed by atoms with Gasteiger partial charge in [0.25, 0.3) is 5.91 Å². The summed E-state index contributed by atoms with van der Waals surface area (Å²) in [5.41, 5.74) is 0.671. The number of rotatable bonds is 9. The molecule has 1 aliphatic carbocycles. The Morgan fingerprint density at radius 3 is 2.61 bits per heavy atom. The highest BCUT2D eigenvalue weighted by molar-refractivity contribution is 7.89. The van der Waals surface area contributed by atoms with Gasteiger partial charge in [-0.1, -0.05) is 13.0 Å². The zero-order valence-electron chi connectivity index (χ0n) is 21.5. The zero-order valence-corrected chi connectivity index (χ0v) is 23.1. The minimum absolute atomic E-state index is 0.0122. The molecule has 4 N–H and O–H groups in total. The summed E-state index contributed by atoms with van der Waals surface area (Å²) >= 11 is 1.45. The van der Waals surface area contributed by atoms with Crippen LogP contribution < -0.4 is 15.4 Å². The number of alkyl carbamates (subject to hydrolysis) is 1. The third kappa shape index (κ3) is 6.77. The van der Waals surface area contributed by atoms with E-state index in [0.717, 1.165) is 30.7 Å². The van der Waals surface area contributed by atoms with Gasteiger partial charge < -0.3 is 15.0 Å². The first-order valence-electron chi connectivity index (χ1n) is 12.5. The van der Waals surface area contributed by atoms with Crippen LogP contribution in [0.1, 0.15) is 67.7 Å². The van der Waals surface area contributed by atoms with Gasteiger partial charge in [-0.05, 0) is 51.7 Å². The van der Waals surface area contributed by atoms with Crippen LogP contribution in [0.15, 0.2) is 41.7 Å². The molecule has 0 unspecified atom stereocenters. The number of hydrogen-bond acceptors (Lipinski definition) is 8. The van der Waals surface area contributed by atoms with Crippen molar-refractivity contribution in [1.29, 1.82) is 0 Å². The third-order valence-corrected chi connectivity index (χ3v) is 8.91. The number of anilines is 1. The summed E-state index contributed by atoms with van der Waals surface area (Å²) in [5, 5.41) is 6.47. The Balaban J connectivity index is 1.52. The van der Waals surface area contributed by atoms with Gasteiger partial charge in [0.2, 0.25) is 16.0 Å². The van der Waals surface area contributed by atoms with Crippen molar-refractivity contribution in [3.8, 4) is 10.4 Å². The summed E-state index contributed by atoms with van der Waals surface area (Å²) in [6.45, 7) is 5.53. The van der Waals surface area contributed by atoms with E-state index in [1.807, 2.05) is 13.8 Å². The fourth-order valence-electron chi connectivity index (χ4n) is 4.37. The molecule has 1 saturated carbocycles. The van der Waals surface area contributed by atoms with Crippen molar-refractivity contribution in [2.45, 2.75) is 69.4 Å². The van der Waals surface area contributed by atoms with Gasteiger partial charge >= 0.3 is 6.09 Å². The summed E-state index contributed by atoms with van der Waals surface area (Å²) in [5.74, 6) is 0.0103. The molecule has 1 fully saturated rings. The lowest BCUT2D eigenvalue weighted by Crippen LogP contribution is -2.38. The Labute approximate surface area is 225 Å². The van der Waals surface area contributed by atoms with E-state index in [9.17, 15) is 18.0 Å². The number of nitrogens with zero attached hydrogens (tertiary/aromatic N) is 2. The van der Waals surface area contributed by atoms with Crippen molar-refractivity contribution < 1.29 is 22.7 Å². The molecule has 1 aromatic carbocycles. The Bertz CT molecular complexity index is 1360. The highest BCUT2D eigenvalue weighted by Gasteiger charge is 2.28. The maximum atomic E-state index is 13.1. The monoisotopic (exact) mass is 560 g/mol. The van der Waals surface area contributed by atoms with Crippen LogP contribution in [0.3, 0.4) is 0 Å². The lowest BCUT2D eigenvalue weighted by Gasteiger charge is -2.28. The van der Waals surface area contributed by atoms with Crippen molar-refractivity contribution in [2.24, 2.45) is 0 Å². The van der Waals surface area contributed by atoms with Crippen LogP contribution in [-0.2, 0) is 14.8 Å². The van der Waals surface area contributed by atoms with E-state index < -0.39 is 22.0 Å². The number of carbonyl (C=O) groups is 2. The number of aromatic amines is 1. The largest absolute Gasteiger partial charge is 0.447 e. The molecule has 2 amide bonds. The molecular formula is C25H32N6O5S2. The van der Waals surface area contributed by atoms with Crippen molar-refractivity contribution in [3.63, 3.8) is 0 Å². The average molecular weight is 561 g/mol. The third-order valence-electron chi connectivity index (χ3n) is 6.13. The van der Waals surface area contributed by atoms with E-state index in [4.69, 9.17) is 4.74 Å². The van der Waals surface area contributed by atoms with Crippen molar-refractivity contribution in [3.05, 3.63) is 47.4 Å². The van der Waals surface area contributed by atoms with E-state index in [2.05, 4.69) is 30.3 Å². The van der Waals surface area contributed by atoms with Crippen LogP contribution in [0.5, 0.6) is 0 Å². The maximum absolute atomic E-state index is 13.1. The van der Waals surface area contributed by atoms with Gasteiger partial charge in [0.1, 0.15) is 0 Å². The fourth-order valence-corrected chi connectivity index (χ4v) is 6.85. The summed E-state index contributed by atoms with van der Waals surface area (Å²) in [7, 11) is -3.88. The van der Waals surface area contributed by atoms with Crippen molar-refractivity contribution >= 4 is 39.3 Å². The second-order valence-electron chi connectivity index (χ2n) is 9.31. The molecule has 38 heavy (non-hydrogen) atoms. The molecule has 4 rings (SSSR count). The molecule has 0 bridgehead atoms. The SMILES string of the molecule is CCNS(=O)(=O)c1cc(C(=O)Nc2ncc[nH]2)ccc1-c1cnc([C@H]2CC[C@H](NC(=O)OC(C)C)CC2)s1. The molecule has 0 aliphatic heterocycles. The Morgan fingerprint density at radius 2 is 1.95 bits per heavy atom. The standard InChI is InChI=1S/C25H32N6O5S2/c1-4-29-38(34,35)21-13-17(22(32)31-24-26-11-12-27-24)7-10-19(21)20-14-28-23(37-20)16-5-8-18(9-6-16)30-25(33)36-15(2)3/h7,10-16,18,29H,4-6,8-9H2,1-3H3,(H,30,33)(H2,26,27,31,32)/t16-,18-. The minimum Gasteiger partial charge on any atom is -0.447 e. The second-order valence-corrected chi connectivity index (χ2v) is 12.1. The van der Waals surface area contributed by atoms with E-state index >= 15 is 0 Å². The summed E-state index contributed by atoms with van der Waals surface area (Å²) in [6, 6.07) is 4.66. The molecule has 2 heterocycles. The molecule has 0 radical (unpaired) electrons. The number of thiazole rings is 1. The van der Waals surface area contributed by atoms with Crippen LogP contribution in [0.4, 0.5) is 10.7 Å². The fraction of sp³-hybridized carbons (Fsp3) is 0.440. The molecule has 0 atom stereocenters. The number of nitrogens with one attached hydrogen (secondary N) is 4. The van der Waals surface area contributed by atoms with E-state index in [1.165, 1.54) is 23.6 Å². The topological polar surface area (TPSA) is 155 Å².